The molecular weight excluding hydrogens is 256 g/mol. The smallest absolute Gasteiger partial charge is 0.252 e. The van der Waals surface area contributed by atoms with Crippen LogP contribution < -0.4 is 19.7 Å². The van der Waals surface area contributed by atoms with E-state index in [4.69, 9.17) is 9.47 Å². The number of ether oxygens (including phenoxy) is 2. The zero-order valence-electron chi connectivity index (χ0n) is 12.3. The lowest BCUT2D eigenvalue weighted by molar-refractivity contribution is -0.122. The van der Waals surface area contributed by atoms with Crippen LogP contribution in [-0.4, -0.2) is 24.8 Å². The van der Waals surface area contributed by atoms with Crippen molar-refractivity contribution in [2.45, 2.75) is 33.2 Å². The van der Waals surface area contributed by atoms with E-state index in [1.54, 1.807) is 0 Å². The van der Waals surface area contributed by atoms with E-state index in [2.05, 4.69) is 19.2 Å². The van der Waals surface area contributed by atoms with Crippen LogP contribution in [0, 0.1) is 5.92 Å². The van der Waals surface area contributed by atoms with E-state index in [9.17, 15) is 4.79 Å². The zero-order chi connectivity index (χ0) is 14.5. The average molecular weight is 276 g/mol. The Balaban J connectivity index is 2.09. The maximum atomic E-state index is 12.6. The number of nitrogens with one attached hydrogen (secondary N) is 1. The molecule has 0 unspecified atom stereocenters. The van der Waals surface area contributed by atoms with Crippen LogP contribution >= 0.6 is 0 Å². The quantitative estimate of drug-likeness (QED) is 0.902. The number of carbonyl (C=O) groups excluding carboxylic acids is 1. The first-order chi connectivity index (χ1) is 9.38. The van der Waals surface area contributed by atoms with E-state index in [0.29, 0.717) is 18.2 Å². The van der Waals surface area contributed by atoms with E-state index >= 15 is 0 Å². The summed E-state index contributed by atoms with van der Waals surface area (Å²) in [7, 11) is 0. The van der Waals surface area contributed by atoms with Crippen molar-refractivity contribution in [2.24, 2.45) is 5.92 Å². The lowest BCUT2D eigenvalue weighted by atomic mass is 9.97. The first kappa shape index (κ1) is 13.1. The lowest BCUT2D eigenvalue weighted by Crippen LogP contribution is -2.54. The highest BCUT2D eigenvalue weighted by Gasteiger charge is 2.39. The largest absolute Gasteiger partial charge is 0.454 e. The van der Waals surface area contributed by atoms with Gasteiger partial charge in [-0.25, -0.2) is 0 Å². The monoisotopic (exact) mass is 276 g/mol. The number of carbonyl (C=O) groups is 1. The topological polar surface area (TPSA) is 50.8 Å². The number of amides is 1. The van der Waals surface area contributed by atoms with Gasteiger partial charge in [0.25, 0.3) is 5.91 Å². The molecule has 0 saturated heterocycles. The predicted octanol–water partition coefficient (Wildman–Crippen LogP) is 2.61. The Bertz CT molecular complexity index is 566. The second-order valence-corrected chi connectivity index (χ2v) is 6.28. The molecule has 0 aliphatic carbocycles. The van der Waals surface area contributed by atoms with Gasteiger partial charge in [0.15, 0.2) is 11.5 Å². The molecular formula is C15H20N2O3. The molecule has 1 N–H and O–H groups in total. The van der Waals surface area contributed by atoms with Crippen molar-refractivity contribution in [2.75, 3.05) is 23.6 Å². The van der Waals surface area contributed by atoms with Crippen molar-refractivity contribution >= 4 is 17.3 Å². The first-order valence-electron chi connectivity index (χ1n) is 6.92. The number of rotatable bonds is 2. The van der Waals surface area contributed by atoms with Gasteiger partial charge in [0.05, 0.1) is 11.4 Å². The molecule has 1 amide bonds. The van der Waals surface area contributed by atoms with Gasteiger partial charge in [-0.05, 0) is 19.8 Å². The Hall–Kier alpha value is -1.91. The molecule has 0 atom stereocenters. The molecule has 2 aliphatic rings. The van der Waals surface area contributed by atoms with Crippen LogP contribution in [0.4, 0.5) is 11.4 Å². The molecule has 20 heavy (non-hydrogen) atoms. The Kier molecular flexibility index (Phi) is 2.81. The van der Waals surface area contributed by atoms with Gasteiger partial charge in [-0.1, -0.05) is 13.8 Å². The van der Waals surface area contributed by atoms with Crippen molar-refractivity contribution in [1.29, 1.82) is 0 Å². The van der Waals surface area contributed by atoms with Crippen molar-refractivity contribution < 1.29 is 14.3 Å². The molecule has 1 aromatic carbocycles. The Labute approximate surface area is 118 Å². The highest BCUT2D eigenvalue weighted by Crippen LogP contribution is 2.44. The van der Waals surface area contributed by atoms with Gasteiger partial charge >= 0.3 is 0 Å². The standard InChI is InChI=1S/C15H20N2O3/c1-9(2)7-17-11-6-13-12(19-8-20-13)5-10(11)16-15(3,4)14(17)18/h5-6,9,16H,7-8H2,1-4H3. The molecule has 0 aromatic heterocycles. The van der Waals surface area contributed by atoms with Crippen LogP contribution in [-0.2, 0) is 4.79 Å². The summed E-state index contributed by atoms with van der Waals surface area (Å²) in [5, 5.41) is 3.29. The number of fused-ring (bicyclic) bond motifs is 2. The summed E-state index contributed by atoms with van der Waals surface area (Å²) in [5.74, 6) is 1.90. The second-order valence-electron chi connectivity index (χ2n) is 6.28. The molecule has 5 heteroatoms. The van der Waals surface area contributed by atoms with E-state index in [0.717, 1.165) is 17.1 Å². The van der Waals surface area contributed by atoms with Crippen LogP contribution in [0.25, 0.3) is 0 Å². The summed E-state index contributed by atoms with van der Waals surface area (Å²) in [6, 6.07) is 3.80. The minimum atomic E-state index is -0.615. The van der Waals surface area contributed by atoms with Gasteiger partial charge < -0.3 is 19.7 Å². The van der Waals surface area contributed by atoms with E-state index < -0.39 is 5.54 Å². The van der Waals surface area contributed by atoms with Crippen LogP contribution in [0.2, 0.25) is 0 Å². The normalized spacial score (nSPS) is 19.1. The molecule has 1 aromatic rings. The van der Waals surface area contributed by atoms with Crippen LogP contribution in [0.1, 0.15) is 27.7 Å². The summed E-state index contributed by atoms with van der Waals surface area (Å²) >= 11 is 0. The number of anilines is 2. The summed E-state index contributed by atoms with van der Waals surface area (Å²) in [6.07, 6.45) is 0. The van der Waals surface area contributed by atoms with Gasteiger partial charge in [0, 0.05) is 18.7 Å². The molecule has 108 valence electrons. The fourth-order valence-corrected chi connectivity index (χ4v) is 2.64. The van der Waals surface area contributed by atoms with E-state index in [1.807, 2.05) is 30.9 Å². The Morgan fingerprint density at radius 1 is 1.30 bits per heavy atom. The molecule has 0 bridgehead atoms. The summed E-state index contributed by atoms with van der Waals surface area (Å²) < 4.78 is 10.8. The maximum Gasteiger partial charge on any atom is 0.252 e. The zero-order valence-corrected chi connectivity index (χ0v) is 12.3. The molecule has 2 aliphatic heterocycles. The minimum absolute atomic E-state index is 0.0811. The van der Waals surface area contributed by atoms with Crippen LogP contribution in [0.15, 0.2) is 12.1 Å². The molecule has 0 saturated carbocycles. The SMILES string of the molecule is CC(C)CN1C(=O)C(C)(C)Nc2cc3c(cc21)OCO3. The minimum Gasteiger partial charge on any atom is -0.454 e. The fourth-order valence-electron chi connectivity index (χ4n) is 2.64. The Morgan fingerprint density at radius 2 is 1.95 bits per heavy atom. The predicted molar refractivity (Wildman–Crippen MR) is 77.5 cm³/mol. The summed E-state index contributed by atoms with van der Waals surface area (Å²) in [6.45, 7) is 8.94. The van der Waals surface area contributed by atoms with Gasteiger partial charge in [-0.2, -0.15) is 0 Å². The third-order valence-electron chi connectivity index (χ3n) is 3.56. The van der Waals surface area contributed by atoms with Crippen molar-refractivity contribution in [3.05, 3.63) is 12.1 Å². The van der Waals surface area contributed by atoms with Crippen molar-refractivity contribution in [3.8, 4) is 11.5 Å². The molecule has 0 radical (unpaired) electrons. The highest BCUT2D eigenvalue weighted by atomic mass is 16.7. The number of nitrogens with zero attached hydrogens (tertiary/aromatic N) is 1. The van der Waals surface area contributed by atoms with Gasteiger partial charge in [0.2, 0.25) is 6.79 Å². The van der Waals surface area contributed by atoms with E-state index in [-0.39, 0.29) is 12.7 Å². The second kappa shape index (κ2) is 4.30. The first-order valence-corrected chi connectivity index (χ1v) is 6.92. The molecule has 5 nitrogen and oxygen atoms in total. The molecule has 2 heterocycles. The molecule has 0 fully saturated rings. The summed E-state index contributed by atoms with van der Waals surface area (Å²) in [5.41, 5.74) is 1.17. The average Bonchev–Trinajstić information content (AvgIpc) is 2.79. The van der Waals surface area contributed by atoms with Crippen LogP contribution in [0.5, 0.6) is 11.5 Å². The fraction of sp³-hybridized carbons (Fsp3) is 0.533. The number of hydrogen-bond acceptors (Lipinski definition) is 4. The molecule has 0 spiro atoms. The number of hydrogen-bond donors (Lipinski definition) is 1. The van der Waals surface area contributed by atoms with Crippen molar-refractivity contribution in [1.82, 2.24) is 0 Å². The molecule has 3 rings (SSSR count). The lowest BCUT2D eigenvalue weighted by Gasteiger charge is -2.40. The Morgan fingerprint density at radius 3 is 2.60 bits per heavy atom. The van der Waals surface area contributed by atoms with Gasteiger partial charge in [-0.3, -0.25) is 4.79 Å². The summed E-state index contributed by atoms with van der Waals surface area (Å²) in [4.78, 5) is 14.5. The third kappa shape index (κ3) is 1.97. The number of benzene rings is 1. The van der Waals surface area contributed by atoms with Gasteiger partial charge in [-0.15, -0.1) is 0 Å². The van der Waals surface area contributed by atoms with E-state index in [1.165, 1.54) is 0 Å². The highest BCUT2D eigenvalue weighted by molar-refractivity contribution is 6.07. The maximum absolute atomic E-state index is 12.6. The third-order valence-corrected chi connectivity index (χ3v) is 3.56. The van der Waals surface area contributed by atoms with Crippen LogP contribution in [0.3, 0.4) is 0 Å². The van der Waals surface area contributed by atoms with Gasteiger partial charge in [0.1, 0.15) is 5.54 Å². The van der Waals surface area contributed by atoms with Crippen molar-refractivity contribution in [3.63, 3.8) is 0 Å².